The van der Waals surface area contributed by atoms with Crippen molar-refractivity contribution in [3.8, 4) is 5.75 Å². The third-order valence-electron chi connectivity index (χ3n) is 3.46. The van der Waals surface area contributed by atoms with E-state index in [4.69, 9.17) is 9.47 Å². The van der Waals surface area contributed by atoms with Gasteiger partial charge in [-0.3, -0.25) is 0 Å². The average molecular weight is 248 g/mol. The van der Waals surface area contributed by atoms with E-state index in [1.54, 1.807) is 0 Å². The van der Waals surface area contributed by atoms with Crippen LogP contribution in [0.1, 0.15) is 12.0 Å². The summed E-state index contributed by atoms with van der Waals surface area (Å²) in [6.45, 7) is 4.28. The van der Waals surface area contributed by atoms with Gasteiger partial charge in [-0.15, -0.1) is 0 Å². The van der Waals surface area contributed by atoms with Crippen LogP contribution in [0.4, 0.5) is 5.69 Å². The Labute approximate surface area is 108 Å². The molecular weight excluding hydrogens is 228 g/mol. The number of hydrogen-bond acceptors (Lipinski definition) is 4. The minimum absolute atomic E-state index is 0.169. The van der Waals surface area contributed by atoms with Crippen LogP contribution in [0.5, 0.6) is 5.75 Å². The molecule has 1 saturated heterocycles. The quantitative estimate of drug-likeness (QED) is 0.849. The van der Waals surface area contributed by atoms with Crippen molar-refractivity contribution >= 4 is 5.69 Å². The van der Waals surface area contributed by atoms with Gasteiger partial charge in [-0.1, -0.05) is 6.07 Å². The maximum absolute atomic E-state index is 5.81. The van der Waals surface area contributed by atoms with Crippen LogP contribution in [0.2, 0.25) is 0 Å². The standard InChI is InChI=1S/C14H20N2O2/c1-2-11-3-4-12(8-14(11)16-5-1)18-10-13-9-15-6-7-17-13/h3-4,8,13,15-16H,1-2,5-7,9-10H2/t13-/m0/s1. The van der Waals surface area contributed by atoms with E-state index >= 15 is 0 Å². The summed E-state index contributed by atoms with van der Waals surface area (Å²) in [5, 5.41) is 6.72. The SMILES string of the molecule is c1cc2c(cc1OC[C@@H]1CNCCO1)NCCC2. The summed E-state index contributed by atoms with van der Waals surface area (Å²) >= 11 is 0. The lowest BCUT2D eigenvalue weighted by atomic mass is 10.0. The van der Waals surface area contributed by atoms with Gasteiger partial charge in [-0.05, 0) is 24.5 Å². The minimum Gasteiger partial charge on any atom is -0.491 e. The molecule has 4 nitrogen and oxygen atoms in total. The fraction of sp³-hybridized carbons (Fsp3) is 0.571. The molecular formula is C14H20N2O2. The van der Waals surface area contributed by atoms with Crippen LogP contribution in [0, 0.1) is 0 Å². The maximum atomic E-state index is 5.81. The number of anilines is 1. The molecule has 2 aliphatic rings. The third kappa shape index (κ3) is 2.76. The van der Waals surface area contributed by atoms with Gasteiger partial charge in [0.25, 0.3) is 0 Å². The highest BCUT2D eigenvalue weighted by Crippen LogP contribution is 2.26. The zero-order valence-electron chi connectivity index (χ0n) is 10.6. The highest BCUT2D eigenvalue weighted by atomic mass is 16.5. The van der Waals surface area contributed by atoms with E-state index in [9.17, 15) is 0 Å². The number of rotatable bonds is 3. The number of morpholine rings is 1. The van der Waals surface area contributed by atoms with Crippen LogP contribution in [0.3, 0.4) is 0 Å². The van der Waals surface area contributed by atoms with Gasteiger partial charge in [-0.2, -0.15) is 0 Å². The van der Waals surface area contributed by atoms with Gasteiger partial charge in [0.05, 0.1) is 6.61 Å². The van der Waals surface area contributed by atoms with Crippen molar-refractivity contribution in [3.05, 3.63) is 23.8 Å². The first-order valence-electron chi connectivity index (χ1n) is 6.74. The number of benzene rings is 1. The molecule has 0 spiro atoms. The normalized spacial score (nSPS) is 23.0. The van der Waals surface area contributed by atoms with Gasteiger partial charge in [0.15, 0.2) is 0 Å². The second kappa shape index (κ2) is 5.59. The summed E-state index contributed by atoms with van der Waals surface area (Å²) in [5.41, 5.74) is 2.62. The first kappa shape index (κ1) is 11.8. The molecule has 0 unspecified atom stereocenters. The molecule has 4 heteroatoms. The molecule has 3 rings (SSSR count). The van der Waals surface area contributed by atoms with Crippen molar-refractivity contribution in [2.75, 3.05) is 38.2 Å². The molecule has 2 N–H and O–H groups in total. The summed E-state index contributed by atoms with van der Waals surface area (Å²) in [5.74, 6) is 0.928. The molecule has 98 valence electrons. The van der Waals surface area contributed by atoms with Crippen molar-refractivity contribution in [1.29, 1.82) is 0 Å². The Morgan fingerprint density at radius 1 is 1.33 bits per heavy atom. The molecule has 0 radical (unpaired) electrons. The van der Waals surface area contributed by atoms with Crippen LogP contribution in [-0.4, -0.2) is 39.0 Å². The molecule has 0 saturated carbocycles. The van der Waals surface area contributed by atoms with E-state index in [1.165, 1.54) is 17.7 Å². The molecule has 1 fully saturated rings. The Bertz CT molecular complexity index is 403. The average Bonchev–Trinajstić information content (AvgIpc) is 2.46. The number of nitrogens with one attached hydrogen (secondary N) is 2. The Hall–Kier alpha value is -1.26. The largest absolute Gasteiger partial charge is 0.491 e. The van der Waals surface area contributed by atoms with Crippen molar-refractivity contribution in [3.63, 3.8) is 0 Å². The molecule has 2 aliphatic heterocycles. The van der Waals surface area contributed by atoms with E-state index in [0.717, 1.165) is 38.4 Å². The van der Waals surface area contributed by atoms with Crippen LogP contribution in [0.25, 0.3) is 0 Å². The Morgan fingerprint density at radius 2 is 2.33 bits per heavy atom. The smallest absolute Gasteiger partial charge is 0.121 e. The Kier molecular flexibility index (Phi) is 3.67. The van der Waals surface area contributed by atoms with Crippen LogP contribution < -0.4 is 15.4 Å². The lowest BCUT2D eigenvalue weighted by Crippen LogP contribution is -2.41. The van der Waals surface area contributed by atoms with Gasteiger partial charge >= 0.3 is 0 Å². The summed E-state index contributed by atoms with van der Waals surface area (Å²) in [7, 11) is 0. The van der Waals surface area contributed by atoms with E-state index in [2.05, 4.69) is 28.8 Å². The van der Waals surface area contributed by atoms with Gasteiger partial charge in [0.1, 0.15) is 18.5 Å². The third-order valence-corrected chi connectivity index (χ3v) is 3.46. The van der Waals surface area contributed by atoms with E-state index in [-0.39, 0.29) is 6.10 Å². The fourth-order valence-electron chi connectivity index (χ4n) is 2.45. The van der Waals surface area contributed by atoms with Gasteiger partial charge in [0.2, 0.25) is 0 Å². The van der Waals surface area contributed by atoms with E-state index < -0.39 is 0 Å². The topological polar surface area (TPSA) is 42.5 Å². The first-order chi connectivity index (χ1) is 8.92. The van der Waals surface area contributed by atoms with Crippen LogP contribution in [-0.2, 0) is 11.2 Å². The van der Waals surface area contributed by atoms with E-state index in [0.29, 0.717) is 6.61 Å². The summed E-state index contributed by atoms with van der Waals surface area (Å²) in [6.07, 6.45) is 2.55. The lowest BCUT2D eigenvalue weighted by molar-refractivity contribution is 0.000202. The molecule has 0 aromatic heterocycles. The van der Waals surface area contributed by atoms with E-state index in [1.807, 2.05) is 0 Å². The monoisotopic (exact) mass is 248 g/mol. The van der Waals surface area contributed by atoms with Gasteiger partial charge in [-0.25, -0.2) is 0 Å². The fourth-order valence-corrected chi connectivity index (χ4v) is 2.45. The Balaban J connectivity index is 1.58. The summed E-state index contributed by atoms with van der Waals surface area (Å²) in [4.78, 5) is 0. The number of fused-ring (bicyclic) bond motifs is 1. The molecule has 1 aromatic carbocycles. The highest BCUT2D eigenvalue weighted by Gasteiger charge is 2.14. The summed E-state index contributed by atoms with van der Waals surface area (Å²) in [6, 6.07) is 6.32. The lowest BCUT2D eigenvalue weighted by Gasteiger charge is -2.24. The van der Waals surface area contributed by atoms with Crippen molar-refractivity contribution < 1.29 is 9.47 Å². The van der Waals surface area contributed by atoms with Crippen LogP contribution >= 0.6 is 0 Å². The zero-order valence-corrected chi connectivity index (χ0v) is 10.6. The molecule has 18 heavy (non-hydrogen) atoms. The second-order valence-corrected chi connectivity index (χ2v) is 4.86. The molecule has 0 bridgehead atoms. The second-order valence-electron chi connectivity index (χ2n) is 4.86. The summed E-state index contributed by atoms with van der Waals surface area (Å²) < 4.78 is 11.4. The highest BCUT2D eigenvalue weighted by molar-refractivity contribution is 5.56. The molecule has 0 amide bonds. The zero-order chi connectivity index (χ0) is 12.2. The predicted octanol–water partition coefficient (Wildman–Crippen LogP) is 1.41. The maximum Gasteiger partial charge on any atom is 0.121 e. The molecule has 1 aromatic rings. The van der Waals surface area contributed by atoms with Gasteiger partial charge in [0, 0.05) is 31.4 Å². The number of ether oxygens (including phenoxy) is 2. The first-order valence-corrected chi connectivity index (χ1v) is 6.74. The van der Waals surface area contributed by atoms with Crippen LogP contribution in [0.15, 0.2) is 18.2 Å². The van der Waals surface area contributed by atoms with Gasteiger partial charge < -0.3 is 20.1 Å². The van der Waals surface area contributed by atoms with Crippen molar-refractivity contribution in [2.45, 2.75) is 18.9 Å². The van der Waals surface area contributed by atoms with Crippen molar-refractivity contribution in [1.82, 2.24) is 5.32 Å². The van der Waals surface area contributed by atoms with Crippen molar-refractivity contribution in [2.24, 2.45) is 0 Å². The Morgan fingerprint density at radius 3 is 3.22 bits per heavy atom. The molecule has 1 atom stereocenters. The predicted molar refractivity (Wildman–Crippen MR) is 71.4 cm³/mol. The molecule has 2 heterocycles. The number of aryl methyl sites for hydroxylation is 1. The minimum atomic E-state index is 0.169. The molecule has 0 aliphatic carbocycles. The number of hydrogen-bond donors (Lipinski definition) is 2.